The van der Waals surface area contributed by atoms with Crippen molar-refractivity contribution in [3.8, 4) is 0 Å². The molecule has 2 aromatic heterocycles. The summed E-state index contributed by atoms with van der Waals surface area (Å²) in [5.74, 6) is 0. The first-order chi connectivity index (χ1) is 7.09. The average Bonchev–Trinajstić information content (AvgIpc) is 2.63. The van der Waals surface area contributed by atoms with E-state index in [1.807, 2.05) is 38.5 Å². The Morgan fingerprint density at radius 3 is 2.40 bits per heavy atom. The molecule has 0 aliphatic rings. The van der Waals surface area contributed by atoms with Gasteiger partial charge in [0.25, 0.3) is 0 Å². The molecule has 0 saturated carbocycles. The lowest BCUT2D eigenvalue weighted by atomic mass is 9.91. The van der Waals surface area contributed by atoms with Gasteiger partial charge in [0.05, 0.1) is 17.5 Å². The predicted octanol–water partition coefficient (Wildman–Crippen LogP) is 3.66. The highest BCUT2D eigenvalue weighted by Crippen LogP contribution is 2.24. The molecule has 0 radical (unpaired) electrons. The number of pyridine rings is 1. The minimum atomic E-state index is 0.121. The first-order valence-electron chi connectivity index (χ1n) is 5.51. The van der Waals surface area contributed by atoms with E-state index in [-0.39, 0.29) is 5.41 Å². The summed E-state index contributed by atoms with van der Waals surface area (Å²) in [5, 5.41) is 0. The first-order valence-corrected chi connectivity index (χ1v) is 5.51. The van der Waals surface area contributed by atoms with Crippen LogP contribution in [0.3, 0.4) is 0 Å². The molecule has 2 aromatic rings. The van der Waals surface area contributed by atoms with Crippen LogP contribution in [0.25, 0.3) is 5.52 Å². The van der Waals surface area contributed by atoms with E-state index in [1.54, 1.807) is 0 Å². The van der Waals surface area contributed by atoms with Crippen molar-refractivity contribution >= 4 is 5.52 Å². The zero-order valence-electron chi connectivity index (χ0n) is 10.3. The van der Waals surface area contributed by atoms with E-state index in [9.17, 15) is 0 Å². The Bertz CT molecular complexity index is 421. The van der Waals surface area contributed by atoms with Crippen molar-refractivity contribution in [3.05, 3.63) is 36.4 Å². The number of rotatable bonds is 0. The normalized spacial score (nSPS) is 11.0. The highest BCUT2D eigenvalue weighted by Gasteiger charge is 2.18. The van der Waals surface area contributed by atoms with Crippen molar-refractivity contribution < 1.29 is 0 Å². The van der Waals surface area contributed by atoms with Crippen molar-refractivity contribution in [2.75, 3.05) is 0 Å². The van der Waals surface area contributed by atoms with Gasteiger partial charge in [-0.25, -0.2) is 4.98 Å². The number of imidazole rings is 1. The number of hydrogen-bond acceptors (Lipinski definition) is 1. The molecule has 0 aliphatic heterocycles. The van der Waals surface area contributed by atoms with Crippen molar-refractivity contribution in [1.29, 1.82) is 0 Å². The lowest BCUT2D eigenvalue weighted by molar-refractivity contribution is 0.578. The maximum atomic E-state index is 4.43. The molecule has 0 fully saturated rings. The zero-order valence-corrected chi connectivity index (χ0v) is 10.3. The molecule has 0 N–H and O–H groups in total. The van der Waals surface area contributed by atoms with Gasteiger partial charge in [0.1, 0.15) is 0 Å². The van der Waals surface area contributed by atoms with Crippen LogP contribution < -0.4 is 0 Å². The van der Waals surface area contributed by atoms with Gasteiger partial charge in [-0.2, -0.15) is 0 Å². The quantitative estimate of drug-likeness (QED) is 0.640. The average molecular weight is 204 g/mol. The third-order valence-corrected chi connectivity index (χ3v) is 2.15. The van der Waals surface area contributed by atoms with E-state index >= 15 is 0 Å². The van der Waals surface area contributed by atoms with Crippen LogP contribution in [0, 0.1) is 0 Å². The summed E-state index contributed by atoms with van der Waals surface area (Å²) in [6, 6.07) is 6.17. The molecule has 2 nitrogen and oxygen atoms in total. The van der Waals surface area contributed by atoms with Crippen LogP contribution in [0.1, 0.15) is 40.3 Å². The van der Waals surface area contributed by atoms with Crippen LogP contribution in [0.15, 0.2) is 30.7 Å². The third-order valence-electron chi connectivity index (χ3n) is 2.15. The van der Waals surface area contributed by atoms with E-state index in [4.69, 9.17) is 0 Å². The van der Waals surface area contributed by atoms with Gasteiger partial charge in [0, 0.05) is 11.6 Å². The lowest BCUT2D eigenvalue weighted by Crippen LogP contribution is -2.11. The lowest BCUT2D eigenvalue weighted by Gasteiger charge is -2.15. The fourth-order valence-electron chi connectivity index (χ4n) is 1.52. The van der Waals surface area contributed by atoms with Crippen LogP contribution in [0.5, 0.6) is 0 Å². The molecule has 0 aliphatic carbocycles. The minimum Gasteiger partial charge on any atom is -0.306 e. The molecule has 0 spiro atoms. The molecule has 0 amide bonds. The SMILES string of the molecule is CC.CC(C)(C)c1ncn2ccccc12. The highest BCUT2D eigenvalue weighted by atomic mass is 15.0. The molecule has 0 saturated heterocycles. The molecule has 82 valence electrons. The molecule has 0 aromatic carbocycles. The largest absolute Gasteiger partial charge is 0.306 e. The third kappa shape index (κ3) is 2.38. The van der Waals surface area contributed by atoms with E-state index in [1.165, 1.54) is 5.52 Å². The summed E-state index contributed by atoms with van der Waals surface area (Å²) in [7, 11) is 0. The Hall–Kier alpha value is -1.31. The smallest absolute Gasteiger partial charge is 0.0995 e. The first kappa shape index (κ1) is 11.8. The molecule has 2 heterocycles. The Labute approximate surface area is 92.0 Å². The topological polar surface area (TPSA) is 17.3 Å². The molecule has 0 unspecified atom stereocenters. The summed E-state index contributed by atoms with van der Waals surface area (Å²) in [4.78, 5) is 4.43. The second-order valence-electron chi connectivity index (χ2n) is 4.34. The van der Waals surface area contributed by atoms with Crippen molar-refractivity contribution in [2.45, 2.75) is 40.0 Å². The van der Waals surface area contributed by atoms with Crippen molar-refractivity contribution in [2.24, 2.45) is 0 Å². The Morgan fingerprint density at radius 2 is 1.80 bits per heavy atom. The molecule has 0 bridgehead atoms. The number of nitrogens with zero attached hydrogens (tertiary/aromatic N) is 2. The molecule has 15 heavy (non-hydrogen) atoms. The Kier molecular flexibility index (Phi) is 3.51. The molecule has 0 atom stereocenters. The molecular weight excluding hydrogens is 184 g/mol. The fraction of sp³-hybridized carbons (Fsp3) is 0.462. The van der Waals surface area contributed by atoms with Gasteiger partial charge in [0.2, 0.25) is 0 Å². The van der Waals surface area contributed by atoms with E-state index in [0.29, 0.717) is 0 Å². The van der Waals surface area contributed by atoms with Gasteiger partial charge in [0.15, 0.2) is 0 Å². The minimum absolute atomic E-state index is 0.121. The van der Waals surface area contributed by atoms with E-state index < -0.39 is 0 Å². The predicted molar refractivity (Wildman–Crippen MR) is 65.2 cm³/mol. The zero-order chi connectivity index (χ0) is 11.5. The number of aromatic nitrogens is 2. The molecular formula is C13H20N2. The van der Waals surface area contributed by atoms with Crippen LogP contribution in [-0.4, -0.2) is 9.38 Å². The summed E-state index contributed by atoms with van der Waals surface area (Å²) in [5.41, 5.74) is 2.49. The van der Waals surface area contributed by atoms with Crippen molar-refractivity contribution in [3.63, 3.8) is 0 Å². The van der Waals surface area contributed by atoms with Gasteiger partial charge in [-0.05, 0) is 12.1 Å². The van der Waals surface area contributed by atoms with Crippen molar-refractivity contribution in [1.82, 2.24) is 9.38 Å². The maximum absolute atomic E-state index is 4.43. The van der Waals surface area contributed by atoms with Gasteiger partial charge in [-0.1, -0.05) is 40.7 Å². The second kappa shape index (κ2) is 4.47. The fourth-order valence-corrected chi connectivity index (χ4v) is 1.52. The Morgan fingerprint density at radius 1 is 1.13 bits per heavy atom. The van der Waals surface area contributed by atoms with Crippen LogP contribution in [0.2, 0.25) is 0 Å². The van der Waals surface area contributed by atoms with Gasteiger partial charge in [-0.15, -0.1) is 0 Å². The van der Waals surface area contributed by atoms with Gasteiger partial charge < -0.3 is 4.40 Å². The number of hydrogen-bond donors (Lipinski definition) is 0. The van der Waals surface area contributed by atoms with E-state index in [2.05, 4.69) is 36.2 Å². The second-order valence-corrected chi connectivity index (χ2v) is 4.34. The van der Waals surface area contributed by atoms with Crippen LogP contribution in [-0.2, 0) is 5.41 Å². The summed E-state index contributed by atoms with van der Waals surface area (Å²) < 4.78 is 2.06. The summed E-state index contributed by atoms with van der Waals surface area (Å²) >= 11 is 0. The van der Waals surface area contributed by atoms with Crippen LogP contribution in [0.4, 0.5) is 0 Å². The monoisotopic (exact) mass is 204 g/mol. The van der Waals surface area contributed by atoms with Gasteiger partial charge in [-0.3, -0.25) is 0 Å². The maximum Gasteiger partial charge on any atom is 0.0995 e. The van der Waals surface area contributed by atoms with Crippen LogP contribution >= 0.6 is 0 Å². The standard InChI is InChI=1S/C11H14N2.C2H6/c1-11(2,3)10-9-6-4-5-7-13(9)8-12-10;1-2/h4-8H,1-3H3;1-2H3. The molecule has 2 rings (SSSR count). The van der Waals surface area contributed by atoms with E-state index in [0.717, 1.165) is 5.69 Å². The Balaban J connectivity index is 0.000000531. The summed E-state index contributed by atoms with van der Waals surface area (Å²) in [6.45, 7) is 10.5. The molecule has 2 heteroatoms. The highest BCUT2D eigenvalue weighted by molar-refractivity contribution is 5.54. The number of fused-ring (bicyclic) bond motifs is 1. The van der Waals surface area contributed by atoms with Gasteiger partial charge >= 0.3 is 0 Å². The summed E-state index contributed by atoms with van der Waals surface area (Å²) in [6.07, 6.45) is 3.90.